The third-order valence-electron chi connectivity index (χ3n) is 4.10. The average molecular weight is 381 g/mol. The topological polar surface area (TPSA) is 52.6 Å². The van der Waals surface area contributed by atoms with Crippen molar-refractivity contribution in [3.8, 4) is 0 Å². The molecule has 4 nitrogen and oxygen atoms in total. The molecule has 0 spiro atoms. The quantitative estimate of drug-likeness (QED) is 0.761. The zero-order valence-corrected chi connectivity index (χ0v) is 13.9. The van der Waals surface area contributed by atoms with Gasteiger partial charge in [-0.2, -0.15) is 8.42 Å². The molecule has 2 aromatic rings. The van der Waals surface area contributed by atoms with Crippen molar-refractivity contribution in [3.05, 3.63) is 64.1 Å². The van der Waals surface area contributed by atoms with Crippen molar-refractivity contribution in [1.29, 1.82) is 0 Å². The Kier molecular flexibility index (Phi) is 3.38. The van der Waals surface area contributed by atoms with Crippen molar-refractivity contribution in [3.63, 3.8) is 0 Å². The lowest BCUT2D eigenvalue weighted by Gasteiger charge is -2.21. The first kappa shape index (κ1) is 14.4. The largest absolute Gasteiger partial charge is 0.363 e. The number of fused-ring (bicyclic) bond motifs is 5. The summed E-state index contributed by atoms with van der Waals surface area (Å²) in [5.41, 5.74) is 2.18. The van der Waals surface area contributed by atoms with Gasteiger partial charge < -0.3 is 4.74 Å². The zero-order valence-electron chi connectivity index (χ0n) is 11.5. The molecule has 0 unspecified atom stereocenters. The molecule has 0 radical (unpaired) electrons. The smallest absolute Gasteiger partial charge is 0.297 e. The van der Waals surface area contributed by atoms with Crippen LogP contribution in [0.5, 0.6) is 0 Å². The summed E-state index contributed by atoms with van der Waals surface area (Å²) in [6, 6.07) is 14.3. The highest BCUT2D eigenvalue weighted by Gasteiger charge is 2.47. The molecule has 6 heteroatoms. The number of benzene rings is 2. The minimum absolute atomic E-state index is 0.0636. The van der Waals surface area contributed by atoms with E-state index >= 15 is 0 Å². The summed E-state index contributed by atoms with van der Waals surface area (Å²) in [7, 11) is -3.79. The molecule has 2 aliphatic rings. The summed E-state index contributed by atoms with van der Waals surface area (Å²) in [5, 5.41) is 0. The molecule has 3 atom stereocenters. The van der Waals surface area contributed by atoms with Gasteiger partial charge in [0.25, 0.3) is 10.1 Å². The van der Waals surface area contributed by atoms with Crippen molar-refractivity contribution in [2.45, 2.75) is 29.6 Å². The van der Waals surface area contributed by atoms with Crippen LogP contribution in [-0.2, 0) is 19.0 Å². The molecule has 2 aromatic carbocycles. The number of ether oxygens (including phenoxy) is 1. The molecule has 4 rings (SSSR count). The summed E-state index contributed by atoms with van der Waals surface area (Å²) in [6.07, 6.45) is -0.261. The first-order valence-electron chi connectivity index (χ1n) is 6.98. The minimum Gasteiger partial charge on any atom is -0.363 e. The Morgan fingerprint density at radius 3 is 2.45 bits per heavy atom. The zero-order chi connectivity index (χ0) is 15.3. The normalized spacial score (nSPS) is 26.1. The number of hydrogen-bond acceptors (Lipinski definition) is 4. The Morgan fingerprint density at radius 2 is 1.73 bits per heavy atom. The third-order valence-corrected chi connectivity index (χ3v) is 5.98. The molecular weight excluding hydrogens is 368 g/mol. The van der Waals surface area contributed by atoms with Gasteiger partial charge in [0.15, 0.2) is 0 Å². The van der Waals surface area contributed by atoms with Gasteiger partial charge in [0.05, 0.1) is 11.0 Å². The van der Waals surface area contributed by atoms with Crippen LogP contribution in [0.25, 0.3) is 0 Å². The summed E-state index contributed by atoms with van der Waals surface area (Å²) in [4.78, 5) is 0.159. The lowest BCUT2D eigenvalue weighted by molar-refractivity contribution is 0.0397. The second-order valence-electron chi connectivity index (χ2n) is 5.45. The molecule has 0 amide bonds. The predicted molar refractivity (Wildman–Crippen MR) is 83.8 cm³/mol. The second-order valence-corrected chi connectivity index (χ2v) is 7.94. The van der Waals surface area contributed by atoms with E-state index in [9.17, 15) is 8.42 Å². The van der Waals surface area contributed by atoms with Gasteiger partial charge in [0.1, 0.15) is 12.2 Å². The van der Waals surface area contributed by atoms with E-state index in [1.165, 1.54) is 12.1 Å². The van der Waals surface area contributed by atoms with E-state index in [1.54, 1.807) is 12.1 Å². The third kappa shape index (κ3) is 2.31. The summed E-state index contributed by atoms with van der Waals surface area (Å²) in [5.74, 6) is 0. The summed E-state index contributed by atoms with van der Waals surface area (Å²) in [6.45, 7) is 0. The van der Waals surface area contributed by atoms with Crippen LogP contribution in [0, 0.1) is 0 Å². The van der Waals surface area contributed by atoms with Gasteiger partial charge in [0.2, 0.25) is 0 Å². The number of halogens is 1. The molecule has 0 aromatic heterocycles. The Balaban J connectivity index is 1.60. The van der Waals surface area contributed by atoms with Crippen LogP contribution >= 0.6 is 15.9 Å². The van der Waals surface area contributed by atoms with Crippen molar-refractivity contribution >= 4 is 26.0 Å². The van der Waals surface area contributed by atoms with Gasteiger partial charge in [-0.25, -0.2) is 0 Å². The predicted octanol–water partition coefficient (Wildman–Crippen LogP) is 3.74. The van der Waals surface area contributed by atoms with E-state index in [0.717, 1.165) is 15.6 Å². The first-order valence-corrected chi connectivity index (χ1v) is 9.18. The van der Waals surface area contributed by atoms with E-state index in [1.807, 2.05) is 24.3 Å². The van der Waals surface area contributed by atoms with Crippen LogP contribution in [-0.4, -0.2) is 14.5 Å². The van der Waals surface area contributed by atoms with Crippen LogP contribution in [0.2, 0.25) is 0 Å². The van der Waals surface area contributed by atoms with E-state index in [0.29, 0.717) is 6.42 Å². The Hall–Kier alpha value is -1.21. The Labute approximate surface area is 137 Å². The lowest BCUT2D eigenvalue weighted by Crippen LogP contribution is -2.23. The Bertz CT molecular complexity index is 816. The number of rotatable bonds is 3. The maximum Gasteiger partial charge on any atom is 0.297 e. The fourth-order valence-corrected chi connectivity index (χ4v) is 4.45. The standard InChI is InChI=1S/C16H13BrO4S/c17-10-5-7-11(8-6-10)22(18,19)21-15-9-14-12-3-1-2-4-13(12)16(15)20-14/h1-8,14-16H,9H2/t14-,15-,16-/m1/s1. The molecule has 1 fully saturated rings. The van der Waals surface area contributed by atoms with Gasteiger partial charge in [-0.15, -0.1) is 0 Å². The molecular formula is C16H13BrO4S. The first-order chi connectivity index (χ1) is 10.5. The highest BCUT2D eigenvalue weighted by molar-refractivity contribution is 9.10. The highest BCUT2D eigenvalue weighted by Crippen LogP contribution is 2.52. The van der Waals surface area contributed by atoms with Gasteiger partial charge in [-0.1, -0.05) is 40.2 Å². The Morgan fingerprint density at radius 1 is 1.05 bits per heavy atom. The minimum atomic E-state index is -3.79. The molecule has 2 bridgehead atoms. The monoisotopic (exact) mass is 380 g/mol. The molecule has 0 saturated carbocycles. The van der Waals surface area contributed by atoms with Crippen molar-refractivity contribution in [2.24, 2.45) is 0 Å². The maximum atomic E-state index is 12.4. The fourth-order valence-electron chi connectivity index (χ4n) is 3.10. The van der Waals surface area contributed by atoms with Crippen LogP contribution in [0.1, 0.15) is 29.8 Å². The number of hydrogen-bond donors (Lipinski definition) is 0. The van der Waals surface area contributed by atoms with Gasteiger partial charge in [0, 0.05) is 10.9 Å². The summed E-state index contributed by atoms with van der Waals surface area (Å²) < 4.78 is 36.9. The lowest BCUT2D eigenvalue weighted by atomic mass is 9.90. The van der Waals surface area contributed by atoms with E-state index in [4.69, 9.17) is 8.92 Å². The van der Waals surface area contributed by atoms with Crippen molar-refractivity contribution in [2.75, 3.05) is 0 Å². The second kappa shape index (κ2) is 5.16. The van der Waals surface area contributed by atoms with Crippen molar-refractivity contribution in [1.82, 2.24) is 0 Å². The molecule has 2 heterocycles. The SMILES string of the molecule is O=S(=O)(O[C@@H]1C[C@H]2O[C@@H]1c1ccccc12)c1ccc(Br)cc1. The molecule has 0 aliphatic carbocycles. The van der Waals surface area contributed by atoms with Gasteiger partial charge in [-0.3, -0.25) is 4.18 Å². The van der Waals surface area contributed by atoms with E-state index in [2.05, 4.69) is 15.9 Å². The van der Waals surface area contributed by atoms with Crippen molar-refractivity contribution < 1.29 is 17.3 Å². The molecule has 2 aliphatic heterocycles. The molecule has 0 N–H and O–H groups in total. The van der Waals surface area contributed by atoms with Gasteiger partial charge in [-0.05, 0) is 35.4 Å². The molecule has 22 heavy (non-hydrogen) atoms. The van der Waals surface area contributed by atoms with Crippen LogP contribution in [0.15, 0.2) is 57.9 Å². The highest BCUT2D eigenvalue weighted by atomic mass is 79.9. The average Bonchev–Trinajstić information content (AvgIpc) is 3.06. The van der Waals surface area contributed by atoms with Gasteiger partial charge >= 0.3 is 0 Å². The molecule has 1 saturated heterocycles. The molecule has 114 valence electrons. The summed E-state index contributed by atoms with van der Waals surface area (Å²) >= 11 is 3.29. The van der Waals surface area contributed by atoms with Crippen LogP contribution < -0.4 is 0 Å². The van der Waals surface area contributed by atoms with Crippen LogP contribution in [0.4, 0.5) is 0 Å². The van der Waals surface area contributed by atoms with Crippen LogP contribution in [0.3, 0.4) is 0 Å². The maximum absolute atomic E-state index is 12.4. The van der Waals surface area contributed by atoms with E-state index in [-0.39, 0.29) is 17.1 Å². The fraction of sp³-hybridized carbons (Fsp3) is 0.250. The van der Waals surface area contributed by atoms with E-state index < -0.39 is 16.2 Å².